The van der Waals surface area contributed by atoms with Crippen molar-refractivity contribution in [1.82, 2.24) is 15.3 Å². The van der Waals surface area contributed by atoms with E-state index in [9.17, 15) is 9.59 Å². The number of aliphatic carboxylic acids is 1. The number of aromatic nitrogens is 2. The summed E-state index contributed by atoms with van der Waals surface area (Å²) in [5, 5.41) is 13.2. The topological polar surface area (TPSA) is 95.1 Å². The molecule has 2 aromatic rings. The van der Waals surface area contributed by atoms with E-state index in [1.54, 1.807) is 11.4 Å². The van der Waals surface area contributed by atoms with Gasteiger partial charge in [0.05, 0.1) is 12.1 Å². The zero-order valence-electron chi connectivity index (χ0n) is 9.06. The summed E-state index contributed by atoms with van der Waals surface area (Å²) in [4.78, 5) is 29.1. The van der Waals surface area contributed by atoms with Gasteiger partial charge in [-0.25, -0.2) is 4.98 Å². The summed E-state index contributed by atoms with van der Waals surface area (Å²) in [6.07, 6.45) is 0. The second-order valence-electron chi connectivity index (χ2n) is 3.59. The minimum atomic E-state index is -0.941. The van der Waals surface area contributed by atoms with Crippen LogP contribution in [0, 0.1) is 0 Å². The Bertz CT molecular complexity index is 604. The van der Waals surface area contributed by atoms with Gasteiger partial charge in [0.25, 0.3) is 5.56 Å². The Morgan fingerprint density at radius 3 is 3.18 bits per heavy atom. The molecule has 2 aromatic heterocycles. The summed E-state index contributed by atoms with van der Waals surface area (Å²) < 4.78 is 0.583. The molecule has 6 nitrogen and oxygen atoms in total. The van der Waals surface area contributed by atoms with E-state index in [0.717, 1.165) is 0 Å². The highest BCUT2D eigenvalue weighted by molar-refractivity contribution is 7.17. The second-order valence-corrected chi connectivity index (χ2v) is 4.50. The Labute approximate surface area is 100 Å². The Morgan fingerprint density at radius 2 is 2.47 bits per heavy atom. The average molecular weight is 253 g/mol. The number of hydrogen-bond donors (Lipinski definition) is 3. The summed E-state index contributed by atoms with van der Waals surface area (Å²) >= 11 is 1.33. The van der Waals surface area contributed by atoms with Crippen LogP contribution in [0.5, 0.6) is 0 Å². The molecule has 0 fully saturated rings. The first-order valence-electron chi connectivity index (χ1n) is 5.00. The lowest BCUT2D eigenvalue weighted by atomic mass is 10.3. The normalized spacial score (nSPS) is 12.8. The summed E-state index contributed by atoms with van der Waals surface area (Å²) in [6, 6.07) is 1.08. The van der Waals surface area contributed by atoms with Crippen molar-refractivity contribution in [1.29, 1.82) is 0 Å². The van der Waals surface area contributed by atoms with Crippen LogP contribution in [0.1, 0.15) is 12.7 Å². The van der Waals surface area contributed by atoms with E-state index in [1.807, 2.05) is 0 Å². The van der Waals surface area contributed by atoms with Crippen molar-refractivity contribution >= 4 is 27.5 Å². The van der Waals surface area contributed by atoms with E-state index in [4.69, 9.17) is 5.11 Å². The van der Waals surface area contributed by atoms with E-state index in [1.165, 1.54) is 18.3 Å². The van der Waals surface area contributed by atoms with E-state index in [-0.39, 0.29) is 12.1 Å². The molecule has 0 amide bonds. The first-order valence-corrected chi connectivity index (χ1v) is 5.88. The number of carboxylic acid groups (broad SMARTS) is 1. The fourth-order valence-electron chi connectivity index (χ4n) is 1.34. The third-order valence-electron chi connectivity index (χ3n) is 2.31. The lowest BCUT2D eigenvalue weighted by Crippen LogP contribution is -2.34. The van der Waals surface area contributed by atoms with Crippen LogP contribution in [0.25, 0.3) is 10.2 Å². The highest BCUT2D eigenvalue weighted by Gasteiger charge is 2.11. The van der Waals surface area contributed by atoms with Gasteiger partial charge in [-0.1, -0.05) is 0 Å². The third-order valence-corrected chi connectivity index (χ3v) is 3.21. The molecule has 0 aliphatic rings. The van der Waals surface area contributed by atoms with Crippen LogP contribution in [0.4, 0.5) is 0 Å². The number of fused-ring (bicyclic) bond motifs is 1. The maximum Gasteiger partial charge on any atom is 0.320 e. The Kier molecular flexibility index (Phi) is 3.21. The number of nitrogens with one attached hydrogen (secondary N) is 2. The van der Waals surface area contributed by atoms with Gasteiger partial charge in [-0.2, -0.15) is 0 Å². The summed E-state index contributed by atoms with van der Waals surface area (Å²) in [5.74, 6) is -0.502. The van der Waals surface area contributed by atoms with Crippen molar-refractivity contribution in [2.45, 2.75) is 19.5 Å². The number of rotatable bonds is 4. The van der Waals surface area contributed by atoms with Gasteiger partial charge in [-0.05, 0) is 18.4 Å². The number of nitrogens with zero attached hydrogens (tertiary/aromatic N) is 1. The molecule has 2 heterocycles. The van der Waals surface area contributed by atoms with E-state index >= 15 is 0 Å². The Morgan fingerprint density at radius 1 is 1.71 bits per heavy atom. The number of H-pyrrole nitrogens is 1. The Balaban J connectivity index is 2.19. The molecule has 7 heteroatoms. The van der Waals surface area contributed by atoms with Gasteiger partial charge in [0.2, 0.25) is 0 Å². The molecule has 0 saturated heterocycles. The number of carboxylic acids is 1. The zero-order chi connectivity index (χ0) is 12.4. The molecule has 1 unspecified atom stereocenters. The number of carbonyl (C=O) groups is 1. The quantitative estimate of drug-likeness (QED) is 0.739. The molecule has 1 atom stereocenters. The smallest absolute Gasteiger partial charge is 0.320 e. The molecule has 0 radical (unpaired) electrons. The van der Waals surface area contributed by atoms with Crippen molar-refractivity contribution in [2.75, 3.05) is 0 Å². The highest BCUT2D eigenvalue weighted by atomic mass is 32.1. The average Bonchev–Trinajstić information content (AvgIpc) is 2.74. The lowest BCUT2D eigenvalue weighted by Gasteiger charge is -2.07. The van der Waals surface area contributed by atoms with E-state index < -0.39 is 12.0 Å². The van der Waals surface area contributed by atoms with Crippen LogP contribution in [0.3, 0.4) is 0 Å². The van der Waals surface area contributed by atoms with Crippen LogP contribution in [0.2, 0.25) is 0 Å². The van der Waals surface area contributed by atoms with Gasteiger partial charge < -0.3 is 10.1 Å². The predicted molar refractivity (Wildman–Crippen MR) is 64.2 cm³/mol. The molecule has 90 valence electrons. The highest BCUT2D eigenvalue weighted by Crippen LogP contribution is 2.13. The minimum absolute atomic E-state index is 0.190. The standard InChI is InChI=1S/C10H11N3O3S/c1-5(10(15)16)11-4-7-12-6-2-3-17-8(6)9(14)13-7/h2-3,5,11H,4H2,1H3,(H,15,16)(H,12,13,14). The molecule has 0 spiro atoms. The molecule has 0 aliphatic heterocycles. The van der Waals surface area contributed by atoms with Crippen LogP contribution in [-0.4, -0.2) is 27.1 Å². The molecule has 2 rings (SSSR count). The molecule has 0 saturated carbocycles. The van der Waals surface area contributed by atoms with Gasteiger partial charge in [-0.15, -0.1) is 11.3 Å². The SMILES string of the molecule is CC(NCc1nc2ccsc2c(=O)[nH]1)C(=O)O. The maximum atomic E-state index is 11.6. The first kappa shape index (κ1) is 11.7. The molecular weight excluding hydrogens is 242 g/mol. The summed E-state index contributed by atoms with van der Waals surface area (Å²) in [5.41, 5.74) is 0.448. The lowest BCUT2D eigenvalue weighted by molar-refractivity contribution is -0.139. The molecule has 17 heavy (non-hydrogen) atoms. The van der Waals surface area contributed by atoms with Crippen LogP contribution in [-0.2, 0) is 11.3 Å². The van der Waals surface area contributed by atoms with Crippen molar-refractivity contribution in [2.24, 2.45) is 0 Å². The fraction of sp³-hybridized carbons (Fsp3) is 0.300. The van der Waals surface area contributed by atoms with Crippen LogP contribution < -0.4 is 10.9 Å². The van der Waals surface area contributed by atoms with Crippen molar-refractivity contribution < 1.29 is 9.90 Å². The minimum Gasteiger partial charge on any atom is -0.480 e. The molecule has 0 aliphatic carbocycles. The van der Waals surface area contributed by atoms with Gasteiger partial charge in [0, 0.05) is 0 Å². The first-order chi connectivity index (χ1) is 8.08. The monoisotopic (exact) mass is 253 g/mol. The van der Waals surface area contributed by atoms with Crippen LogP contribution in [0.15, 0.2) is 16.2 Å². The molecule has 3 N–H and O–H groups in total. The van der Waals surface area contributed by atoms with E-state index in [2.05, 4.69) is 15.3 Å². The molecule has 0 bridgehead atoms. The van der Waals surface area contributed by atoms with E-state index in [0.29, 0.717) is 16.0 Å². The van der Waals surface area contributed by atoms with Gasteiger partial charge in [-0.3, -0.25) is 14.9 Å². The molecule has 0 aromatic carbocycles. The van der Waals surface area contributed by atoms with Gasteiger partial charge >= 0.3 is 5.97 Å². The number of thiophene rings is 1. The maximum absolute atomic E-state index is 11.6. The zero-order valence-corrected chi connectivity index (χ0v) is 9.87. The second kappa shape index (κ2) is 4.64. The molecular formula is C10H11N3O3S. The number of aromatic amines is 1. The van der Waals surface area contributed by atoms with Crippen molar-refractivity contribution in [3.8, 4) is 0 Å². The largest absolute Gasteiger partial charge is 0.480 e. The fourth-order valence-corrected chi connectivity index (χ4v) is 2.07. The van der Waals surface area contributed by atoms with Crippen LogP contribution >= 0.6 is 11.3 Å². The predicted octanol–water partition coefficient (Wildman–Crippen LogP) is 0.547. The third kappa shape index (κ3) is 2.51. The van der Waals surface area contributed by atoms with Crippen molar-refractivity contribution in [3.05, 3.63) is 27.6 Å². The summed E-state index contributed by atoms with van der Waals surface area (Å²) in [7, 11) is 0. The van der Waals surface area contributed by atoms with Crippen molar-refractivity contribution in [3.63, 3.8) is 0 Å². The number of hydrogen-bond acceptors (Lipinski definition) is 5. The summed E-state index contributed by atoms with van der Waals surface area (Å²) in [6.45, 7) is 1.75. The Hall–Kier alpha value is -1.73. The van der Waals surface area contributed by atoms with Gasteiger partial charge in [0.15, 0.2) is 0 Å². The van der Waals surface area contributed by atoms with Gasteiger partial charge in [0.1, 0.15) is 16.6 Å².